The van der Waals surface area contributed by atoms with Gasteiger partial charge in [0.25, 0.3) is 0 Å². The molecule has 0 bridgehead atoms. The van der Waals surface area contributed by atoms with Crippen LogP contribution in [0.3, 0.4) is 0 Å². The topological polar surface area (TPSA) is 46.9 Å². The highest BCUT2D eigenvalue weighted by Crippen LogP contribution is 2.26. The van der Waals surface area contributed by atoms with E-state index in [0.29, 0.717) is 16.7 Å². The number of nitrogens with one attached hydrogen (secondary N) is 1. The van der Waals surface area contributed by atoms with Crippen LogP contribution in [0.1, 0.15) is 19.4 Å². The lowest BCUT2D eigenvalue weighted by molar-refractivity contribution is -0.113. The minimum Gasteiger partial charge on any atom is -0.325 e. The number of anilines is 1. The Morgan fingerprint density at radius 2 is 2.04 bits per heavy atom. The molecule has 0 saturated carbocycles. The van der Waals surface area contributed by atoms with Crippen molar-refractivity contribution in [1.29, 1.82) is 0 Å². The van der Waals surface area contributed by atoms with Crippen molar-refractivity contribution in [1.82, 2.24) is 9.55 Å². The third-order valence-electron chi connectivity index (χ3n) is 3.96. The average Bonchev–Trinajstić information content (AvgIpc) is 2.93. The van der Waals surface area contributed by atoms with E-state index in [1.54, 1.807) is 6.07 Å². The predicted octanol–water partition coefficient (Wildman–Crippen LogP) is 5.38. The minimum atomic E-state index is -0.0522. The van der Waals surface area contributed by atoms with Gasteiger partial charge < -0.3 is 9.88 Å². The fraction of sp³-hybridized carbons (Fsp3) is 0.300. The molecule has 3 aromatic rings. The van der Waals surface area contributed by atoms with Gasteiger partial charge in [-0.2, -0.15) is 0 Å². The number of nitrogens with zero attached hydrogens (tertiary/aromatic N) is 2. The number of imidazole rings is 1. The molecule has 1 aromatic heterocycles. The van der Waals surface area contributed by atoms with Crippen LogP contribution in [-0.2, 0) is 11.3 Å². The largest absolute Gasteiger partial charge is 0.325 e. The molecule has 0 saturated heterocycles. The molecule has 136 valence electrons. The number of benzene rings is 2. The molecule has 0 unspecified atom stereocenters. The lowest BCUT2D eigenvalue weighted by Gasteiger charge is -2.12. The van der Waals surface area contributed by atoms with Crippen molar-refractivity contribution >= 4 is 46.0 Å². The maximum absolute atomic E-state index is 12.4. The molecule has 0 spiro atoms. The first kappa shape index (κ1) is 18.8. The number of halogens is 1. The number of hydrogen-bond acceptors (Lipinski definition) is 3. The van der Waals surface area contributed by atoms with Gasteiger partial charge in [0, 0.05) is 17.3 Å². The van der Waals surface area contributed by atoms with Crippen LogP contribution in [0.4, 0.5) is 5.69 Å². The second-order valence-electron chi connectivity index (χ2n) is 6.68. The molecule has 1 heterocycles. The number of hydrogen-bond donors (Lipinski definition) is 1. The molecule has 4 nitrogen and oxygen atoms in total. The molecule has 0 aliphatic rings. The molecule has 0 atom stereocenters. The average molecular weight is 388 g/mol. The molecular weight excluding hydrogens is 366 g/mol. The highest BCUT2D eigenvalue weighted by atomic mass is 35.5. The number of carbonyl (C=O) groups is 1. The molecular formula is C20H22ClN3OS. The van der Waals surface area contributed by atoms with Gasteiger partial charge in [0.05, 0.1) is 16.8 Å². The summed E-state index contributed by atoms with van der Waals surface area (Å²) in [5.74, 6) is 0.754. The lowest BCUT2D eigenvalue weighted by Crippen LogP contribution is -2.15. The zero-order valence-electron chi connectivity index (χ0n) is 15.1. The van der Waals surface area contributed by atoms with Gasteiger partial charge in [0.1, 0.15) is 0 Å². The number of amides is 1. The third kappa shape index (κ3) is 4.40. The van der Waals surface area contributed by atoms with Crippen molar-refractivity contribution in [3.05, 3.63) is 53.1 Å². The van der Waals surface area contributed by atoms with E-state index in [-0.39, 0.29) is 5.91 Å². The highest BCUT2D eigenvalue weighted by Gasteiger charge is 2.14. The molecule has 0 fully saturated rings. The summed E-state index contributed by atoms with van der Waals surface area (Å²) >= 11 is 7.43. The summed E-state index contributed by atoms with van der Waals surface area (Å²) in [7, 11) is 0. The Balaban J connectivity index is 1.73. The van der Waals surface area contributed by atoms with E-state index in [0.717, 1.165) is 34.0 Å². The maximum atomic E-state index is 12.4. The molecule has 0 radical (unpaired) electrons. The maximum Gasteiger partial charge on any atom is 0.234 e. The van der Waals surface area contributed by atoms with E-state index < -0.39 is 0 Å². The van der Waals surface area contributed by atoms with Crippen molar-refractivity contribution in [2.75, 3.05) is 11.1 Å². The van der Waals surface area contributed by atoms with E-state index in [1.807, 2.05) is 37.3 Å². The van der Waals surface area contributed by atoms with Gasteiger partial charge in [0.2, 0.25) is 5.91 Å². The summed E-state index contributed by atoms with van der Waals surface area (Å²) in [6, 6.07) is 13.5. The Morgan fingerprint density at radius 3 is 2.77 bits per heavy atom. The zero-order chi connectivity index (χ0) is 18.7. The van der Waals surface area contributed by atoms with E-state index in [9.17, 15) is 4.79 Å². The van der Waals surface area contributed by atoms with Gasteiger partial charge >= 0.3 is 0 Å². The normalized spacial score (nSPS) is 11.3. The fourth-order valence-electron chi connectivity index (χ4n) is 2.79. The lowest BCUT2D eigenvalue weighted by atomic mass is 10.2. The Bertz CT molecular complexity index is 936. The van der Waals surface area contributed by atoms with Crippen LogP contribution in [0.5, 0.6) is 0 Å². The number of thioether (sulfide) groups is 1. The summed E-state index contributed by atoms with van der Waals surface area (Å²) in [5, 5.41) is 4.49. The number of rotatable bonds is 6. The van der Waals surface area contributed by atoms with Gasteiger partial charge in [-0.15, -0.1) is 0 Å². The highest BCUT2D eigenvalue weighted by molar-refractivity contribution is 7.99. The first-order valence-electron chi connectivity index (χ1n) is 8.58. The Labute approximate surface area is 163 Å². The van der Waals surface area contributed by atoms with Crippen molar-refractivity contribution in [2.24, 2.45) is 5.92 Å². The van der Waals surface area contributed by atoms with Crippen molar-refractivity contribution in [3.63, 3.8) is 0 Å². The quantitative estimate of drug-likeness (QED) is 0.577. The summed E-state index contributed by atoms with van der Waals surface area (Å²) in [6.45, 7) is 7.16. The van der Waals surface area contributed by atoms with Gasteiger partial charge in [-0.05, 0) is 48.7 Å². The van der Waals surface area contributed by atoms with Crippen LogP contribution in [0.2, 0.25) is 5.02 Å². The number of carbonyl (C=O) groups excluding carboxylic acids is 1. The van der Waals surface area contributed by atoms with E-state index in [1.165, 1.54) is 11.8 Å². The van der Waals surface area contributed by atoms with E-state index >= 15 is 0 Å². The van der Waals surface area contributed by atoms with Gasteiger partial charge in [-0.25, -0.2) is 4.98 Å². The predicted molar refractivity (Wildman–Crippen MR) is 110 cm³/mol. The second kappa shape index (κ2) is 8.14. The fourth-order valence-corrected chi connectivity index (χ4v) is 3.84. The monoisotopic (exact) mass is 387 g/mol. The molecule has 1 N–H and O–H groups in total. The van der Waals surface area contributed by atoms with Gasteiger partial charge in [-0.3, -0.25) is 4.79 Å². The Morgan fingerprint density at radius 1 is 1.27 bits per heavy atom. The molecule has 2 aromatic carbocycles. The second-order valence-corrected chi connectivity index (χ2v) is 8.06. The molecule has 26 heavy (non-hydrogen) atoms. The summed E-state index contributed by atoms with van der Waals surface area (Å²) in [4.78, 5) is 17.1. The van der Waals surface area contributed by atoms with Crippen LogP contribution in [0.25, 0.3) is 11.0 Å². The molecule has 3 rings (SSSR count). The van der Waals surface area contributed by atoms with Gasteiger partial charge in [0.15, 0.2) is 5.16 Å². The van der Waals surface area contributed by atoms with Crippen LogP contribution < -0.4 is 5.32 Å². The summed E-state index contributed by atoms with van der Waals surface area (Å²) in [6.07, 6.45) is 0. The van der Waals surface area contributed by atoms with E-state index in [2.05, 4.69) is 29.8 Å². The van der Waals surface area contributed by atoms with Crippen molar-refractivity contribution < 1.29 is 4.79 Å². The van der Waals surface area contributed by atoms with Gasteiger partial charge in [-0.1, -0.05) is 49.3 Å². The van der Waals surface area contributed by atoms with Crippen LogP contribution in [0, 0.1) is 12.8 Å². The summed E-state index contributed by atoms with van der Waals surface area (Å²) < 4.78 is 2.20. The van der Waals surface area contributed by atoms with E-state index in [4.69, 9.17) is 16.6 Å². The van der Waals surface area contributed by atoms with Crippen LogP contribution in [-0.4, -0.2) is 21.2 Å². The van der Waals surface area contributed by atoms with Crippen LogP contribution in [0.15, 0.2) is 47.6 Å². The van der Waals surface area contributed by atoms with Crippen LogP contribution >= 0.6 is 23.4 Å². The van der Waals surface area contributed by atoms with Crippen molar-refractivity contribution in [2.45, 2.75) is 32.5 Å². The Hall–Kier alpha value is -1.98. The molecule has 0 aliphatic carbocycles. The first-order chi connectivity index (χ1) is 12.4. The smallest absolute Gasteiger partial charge is 0.234 e. The molecule has 6 heteroatoms. The Kier molecular flexibility index (Phi) is 5.89. The molecule has 1 amide bonds. The minimum absolute atomic E-state index is 0.0522. The van der Waals surface area contributed by atoms with Crippen molar-refractivity contribution in [3.8, 4) is 0 Å². The summed E-state index contributed by atoms with van der Waals surface area (Å²) in [5.41, 5.74) is 3.81. The third-order valence-corrected chi connectivity index (χ3v) is 5.17. The number of aromatic nitrogens is 2. The zero-order valence-corrected chi connectivity index (χ0v) is 16.7. The first-order valence-corrected chi connectivity index (χ1v) is 9.94. The number of fused-ring (bicyclic) bond motifs is 1. The standard InChI is InChI=1S/C20H22ClN3OS/c1-13(2)11-24-18-7-5-4-6-17(18)23-20(24)26-12-19(25)22-16-9-8-15(21)10-14(16)3/h4-10,13H,11-12H2,1-3H3,(H,22,25). The SMILES string of the molecule is Cc1cc(Cl)ccc1NC(=O)CSc1nc2ccccc2n1CC(C)C. The number of para-hydroxylation sites is 2. The molecule has 0 aliphatic heterocycles. The number of aryl methyl sites for hydroxylation is 1.